The number of fused-ring (bicyclic) bond motifs is 1. The Hall–Kier alpha value is -1.36. The molecule has 0 fully saturated rings. The lowest BCUT2D eigenvalue weighted by molar-refractivity contribution is -0.137. The molecule has 0 bridgehead atoms. The van der Waals surface area contributed by atoms with Gasteiger partial charge in [-0.1, -0.05) is 0 Å². The summed E-state index contributed by atoms with van der Waals surface area (Å²) in [6.45, 7) is 1.86. The Morgan fingerprint density at radius 2 is 2.37 bits per heavy atom. The van der Waals surface area contributed by atoms with Gasteiger partial charge in [-0.3, -0.25) is 9.59 Å². The number of thiophene rings is 1. The van der Waals surface area contributed by atoms with Crippen molar-refractivity contribution in [2.75, 3.05) is 0 Å². The predicted molar refractivity (Wildman–Crippen MR) is 74.5 cm³/mol. The van der Waals surface area contributed by atoms with Gasteiger partial charge in [-0.2, -0.15) is 0 Å². The Morgan fingerprint density at radius 3 is 3.11 bits per heavy atom. The molecule has 0 saturated heterocycles. The number of hydrogen-bond acceptors (Lipinski definition) is 3. The van der Waals surface area contributed by atoms with Crippen molar-refractivity contribution >= 4 is 23.2 Å². The molecule has 1 aliphatic carbocycles. The molecule has 0 aromatic carbocycles. The molecule has 4 nitrogen and oxygen atoms in total. The second-order valence-electron chi connectivity index (χ2n) is 5.09. The van der Waals surface area contributed by atoms with Crippen LogP contribution < -0.4 is 5.32 Å². The summed E-state index contributed by atoms with van der Waals surface area (Å²) in [4.78, 5) is 24.1. The molecule has 1 aromatic rings. The molecule has 0 aliphatic heterocycles. The normalized spacial score (nSPS) is 19.5. The summed E-state index contributed by atoms with van der Waals surface area (Å²) >= 11 is 1.72. The molecular formula is C14H19NO3S. The summed E-state index contributed by atoms with van der Waals surface area (Å²) in [5, 5.41) is 13.6. The highest BCUT2D eigenvalue weighted by atomic mass is 32.1. The first-order valence-corrected chi connectivity index (χ1v) is 7.54. The number of carboxylic acids is 1. The van der Waals surface area contributed by atoms with Crippen molar-refractivity contribution in [3.63, 3.8) is 0 Å². The van der Waals surface area contributed by atoms with E-state index < -0.39 is 5.97 Å². The monoisotopic (exact) mass is 281 g/mol. The zero-order valence-corrected chi connectivity index (χ0v) is 11.8. The van der Waals surface area contributed by atoms with E-state index in [0.29, 0.717) is 6.42 Å². The van der Waals surface area contributed by atoms with Gasteiger partial charge in [0.05, 0.1) is 5.92 Å². The van der Waals surface area contributed by atoms with E-state index in [2.05, 4.69) is 5.32 Å². The number of amides is 1. The van der Waals surface area contributed by atoms with Gasteiger partial charge in [0.2, 0.25) is 5.91 Å². The fourth-order valence-electron chi connectivity index (χ4n) is 2.51. The van der Waals surface area contributed by atoms with Crippen LogP contribution in [-0.4, -0.2) is 23.0 Å². The van der Waals surface area contributed by atoms with Gasteiger partial charge in [0.25, 0.3) is 0 Å². The number of hydrogen-bond donors (Lipinski definition) is 2. The Bertz CT molecular complexity index is 469. The number of aliphatic carboxylic acids is 1. The quantitative estimate of drug-likeness (QED) is 0.871. The Kier molecular flexibility index (Phi) is 4.58. The Labute approximate surface area is 116 Å². The predicted octanol–water partition coefficient (Wildman–Crippen LogP) is 2.54. The summed E-state index contributed by atoms with van der Waals surface area (Å²) < 4.78 is 0. The molecule has 0 radical (unpaired) electrons. The van der Waals surface area contributed by atoms with Crippen LogP contribution in [0.3, 0.4) is 0 Å². The van der Waals surface area contributed by atoms with Crippen LogP contribution in [0.25, 0.3) is 0 Å². The SMILES string of the molecule is CC(CCC(=O)O)NC(=O)C1CCCc2sccc21. The van der Waals surface area contributed by atoms with Gasteiger partial charge in [0.1, 0.15) is 0 Å². The van der Waals surface area contributed by atoms with Gasteiger partial charge in [0, 0.05) is 17.3 Å². The van der Waals surface area contributed by atoms with Crippen molar-refractivity contribution in [3.05, 3.63) is 21.9 Å². The van der Waals surface area contributed by atoms with Crippen LogP contribution in [0.15, 0.2) is 11.4 Å². The fourth-order valence-corrected chi connectivity index (χ4v) is 3.50. The van der Waals surface area contributed by atoms with Gasteiger partial charge in [-0.25, -0.2) is 0 Å². The summed E-state index contributed by atoms with van der Waals surface area (Å²) in [7, 11) is 0. The van der Waals surface area contributed by atoms with Gasteiger partial charge in [0.15, 0.2) is 0 Å². The smallest absolute Gasteiger partial charge is 0.303 e. The van der Waals surface area contributed by atoms with Crippen LogP contribution in [0, 0.1) is 0 Å². The summed E-state index contributed by atoms with van der Waals surface area (Å²) in [6, 6.07) is 1.96. The first kappa shape index (κ1) is 14.1. The molecule has 1 aliphatic rings. The molecule has 2 N–H and O–H groups in total. The molecular weight excluding hydrogens is 262 g/mol. The zero-order chi connectivity index (χ0) is 13.8. The van der Waals surface area contributed by atoms with Crippen molar-refractivity contribution in [1.29, 1.82) is 0 Å². The number of carboxylic acid groups (broad SMARTS) is 1. The molecule has 0 spiro atoms. The van der Waals surface area contributed by atoms with Crippen molar-refractivity contribution < 1.29 is 14.7 Å². The van der Waals surface area contributed by atoms with E-state index in [-0.39, 0.29) is 24.3 Å². The maximum Gasteiger partial charge on any atom is 0.303 e. The van der Waals surface area contributed by atoms with Crippen LogP contribution in [0.1, 0.15) is 49.0 Å². The number of carbonyl (C=O) groups is 2. The van der Waals surface area contributed by atoms with Crippen LogP contribution in [0.5, 0.6) is 0 Å². The first-order chi connectivity index (χ1) is 9.08. The van der Waals surface area contributed by atoms with Crippen molar-refractivity contribution in [2.45, 2.75) is 51.0 Å². The van der Waals surface area contributed by atoms with Gasteiger partial charge >= 0.3 is 5.97 Å². The van der Waals surface area contributed by atoms with Gasteiger partial charge in [-0.05, 0) is 49.6 Å². The van der Waals surface area contributed by atoms with E-state index in [9.17, 15) is 9.59 Å². The third kappa shape index (κ3) is 3.56. The van der Waals surface area contributed by atoms with Crippen molar-refractivity contribution in [3.8, 4) is 0 Å². The van der Waals surface area contributed by atoms with E-state index in [0.717, 1.165) is 19.3 Å². The highest BCUT2D eigenvalue weighted by Crippen LogP contribution is 2.35. The highest BCUT2D eigenvalue weighted by molar-refractivity contribution is 7.10. The van der Waals surface area contributed by atoms with E-state index >= 15 is 0 Å². The average molecular weight is 281 g/mol. The maximum atomic E-state index is 12.3. The molecule has 2 unspecified atom stereocenters. The van der Waals surface area contributed by atoms with E-state index in [1.165, 1.54) is 10.4 Å². The molecule has 2 atom stereocenters. The van der Waals surface area contributed by atoms with Crippen LogP contribution >= 0.6 is 11.3 Å². The van der Waals surface area contributed by atoms with E-state index in [1.54, 1.807) is 11.3 Å². The topological polar surface area (TPSA) is 66.4 Å². The minimum Gasteiger partial charge on any atom is -0.481 e. The number of carbonyl (C=O) groups excluding carboxylic acids is 1. The lowest BCUT2D eigenvalue weighted by Crippen LogP contribution is -2.37. The molecule has 5 heteroatoms. The molecule has 1 amide bonds. The van der Waals surface area contributed by atoms with Crippen molar-refractivity contribution in [2.24, 2.45) is 0 Å². The minimum atomic E-state index is -0.820. The Balaban J connectivity index is 1.93. The first-order valence-electron chi connectivity index (χ1n) is 6.66. The zero-order valence-electron chi connectivity index (χ0n) is 11.0. The Morgan fingerprint density at radius 1 is 1.58 bits per heavy atom. The van der Waals surface area contributed by atoms with Crippen LogP contribution in [0.2, 0.25) is 0 Å². The molecule has 0 saturated carbocycles. The second kappa shape index (κ2) is 6.19. The third-order valence-electron chi connectivity index (χ3n) is 3.55. The van der Waals surface area contributed by atoms with Crippen molar-refractivity contribution in [1.82, 2.24) is 5.32 Å². The fraction of sp³-hybridized carbons (Fsp3) is 0.571. The van der Waals surface area contributed by atoms with Gasteiger partial charge in [-0.15, -0.1) is 11.3 Å². The summed E-state index contributed by atoms with van der Waals surface area (Å²) in [5.41, 5.74) is 1.17. The minimum absolute atomic E-state index is 0.0391. The lowest BCUT2D eigenvalue weighted by Gasteiger charge is -2.23. The van der Waals surface area contributed by atoms with Crippen LogP contribution in [-0.2, 0) is 16.0 Å². The highest BCUT2D eigenvalue weighted by Gasteiger charge is 2.27. The largest absolute Gasteiger partial charge is 0.481 e. The molecule has 104 valence electrons. The van der Waals surface area contributed by atoms with E-state index in [1.807, 2.05) is 18.4 Å². The van der Waals surface area contributed by atoms with E-state index in [4.69, 9.17) is 5.11 Å². The molecule has 1 heterocycles. The summed E-state index contributed by atoms with van der Waals surface area (Å²) in [6.07, 6.45) is 3.59. The summed E-state index contributed by atoms with van der Waals surface area (Å²) in [5.74, 6) is -0.835. The number of rotatable bonds is 5. The second-order valence-corrected chi connectivity index (χ2v) is 6.09. The average Bonchev–Trinajstić information content (AvgIpc) is 2.84. The van der Waals surface area contributed by atoms with Gasteiger partial charge < -0.3 is 10.4 Å². The molecule has 1 aromatic heterocycles. The van der Waals surface area contributed by atoms with Crippen LogP contribution in [0.4, 0.5) is 0 Å². The molecule has 2 rings (SSSR count). The maximum absolute atomic E-state index is 12.3. The third-order valence-corrected chi connectivity index (χ3v) is 4.54. The standard InChI is InChI=1S/C14H19NO3S/c1-9(5-6-13(16)17)15-14(18)11-3-2-4-12-10(11)7-8-19-12/h7-9,11H,2-6H2,1H3,(H,15,18)(H,16,17). The number of aryl methyl sites for hydroxylation is 1. The molecule has 19 heavy (non-hydrogen) atoms. The number of nitrogens with one attached hydrogen (secondary N) is 1. The lowest BCUT2D eigenvalue weighted by atomic mass is 9.87.